The molecule has 0 atom stereocenters. The highest BCUT2D eigenvalue weighted by molar-refractivity contribution is 6.02. The summed E-state index contributed by atoms with van der Waals surface area (Å²) in [5.41, 5.74) is 11.3. The number of methoxy groups -OCH3 is 1. The van der Waals surface area contributed by atoms with E-state index < -0.39 is 0 Å². The number of carbonyl (C=O) groups is 1. The first-order valence-corrected chi connectivity index (χ1v) is 11.5. The Bertz CT molecular complexity index is 1270. The van der Waals surface area contributed by atoms with Gasteiger partial charge in [-0.25, -0.2) is 4.98 Å². The van der Waals surface area contributed by atoms with Crippen LogP contribution in [-0.4, -0.2) is 40.3 Å². The van der Waals surface area contributed by atoms with Gasteiger partial charge in [-0.3, -0.25) is 4.79 Å². The molecule has 1 amide bonds. The second kappa shape index (κ2) is 9.61. The van der Waals surface area contributed by atoms with Crippen molar-refractivity contribution in [3.05, 3.63) is 61.2 Å². The SMILES string of the molecule is COCC(=O)Nc1ccc(-c2c(N)c3ccc(OCCn4ccnc4)cc3n2C2CCC2)cc1. The molecule has 2 aromatic carbocycles. The Morgan fingerprint density at radius 3 is 2.71 bits per heavy atom. The molecule has 8 heteroatoms. The topological polar surface area (TPSA) is 96.3 Å². The number of anilines is 2. The minimum absolute atomic E-state index is 0.0251. The average Bonchev–Trinajstić information content (AvgIpc) is 3.41. The average molecular weight is 460 g/mol. The van der Waals surface area contributed by atoms with Crippen LogP contribution in [0.3, 0.4) is 0 Å². The second-order valence-corrected chi connectivity index (χ2v) is 8.60. The van der Waals surface area contributed by atoms with E-state index in [2.05, 4.69) is 27.0 Å². The first-order valence-electron chi connectivity index (χ1n) is 11.5. The number of benzene rings is 2. The zero-order chi connectivity index (χ0) is 23.5. The van der Waals surface area contributed by atoms with Crippen LogP contribution in [0, 0.1) is 0 Å². The zero-order valence-electron chi connectivity index (χ0n) is 19.2. The summed E-state index contributed by atoms with van der Waals surface area (Å²) in [5.74, 6) is 0.646. The van der Waals surface area contributed by atoms with Gasteiger partial charge in [-0.15, -0.1) is 0 Å². The minimum Gasteiger partial charge on any atom is -0.492 e. The maximum atomic E-state index is 11.8. The third-order valence-corrected chi connectivity index (χ3v) is 6.35. The fraction of sp³-hybridized carbons (Fsp3) is 0.308. The summed E-state index contributed by atoms with van der Waals surface area (Å²) in [6.07, 6.45) is 8.96. The number of rotatable bonds is 9. The van der Waals surface area contributed by atoms with Crippen LogP contribution in [0.2, 0.25) is 0 Å². The number of fused-ring (bicyclic) bond motifs is 1. The van der Waals surface area contributed by atoms with Gasteiger partial charge in [0, 0.05) is 48.2 Å². The van der Waals surface area contributed by atoms with Gasteiger partial charge in [0.1, 0.15) is 19.0 Å². The standard InChI is InChI=1S/C26H29N5O3/c1-33-16-24(32)29-19-7-5-18(6-8-19)26-25(27)22-10-9-21(34-14-13-30-12-11-28-17-30)15-23(22)31(26)20-3-2-4-20/h5-12,15,17,20H,2-4,13-14,16,27H2,1H3,(H,29,32). The quantitative estimate of drug-likeness (QED) is 0.385. The molecule has 0 bridgehead atoms. The van der Waals surface area contributed by atoms with Crippen molar-refractivity contribution in [3.63, 3.8) is 0 Å². The van der Waals surface area contributed by atoms with Crippen LogP contribution in [0.1, 0.15) is 25.3 Å². The lowest BCUT2D eigenvalue weighted by Crippen LogP contribution is -2.18. The van der Waals surface area contributed by atoms with E-state index >= 15 is 0 Å². The number of nitrogens with one attached hydrogen (secondary N) is 1. The van der Waals surface area contributed by atoms with E-state index in [0.717, 1.165) is 58.7 Å². The second-order valence-electron chi connectivity index (χ2n) is 8.60. The number of hydrogen-bond donors (Lipinski definition) is 2. The lowest BCUT2D eigenvalue weighted by molar-refractivity contribution is -0.119. The molecule has 8 nitrogen and oxygen atoms in total. The molecule has 4 aromatic rings. The molecule has 5 rings (SSSR count). The van der Waals surface area contributed by atoms with Gasteiger partial charge in [-0.2, -0.15) is 0 Å². The van der Waals surface area contributed by atoms with Crippen LogP contribution in [0.5, 0.6) is 5.75 Å². The molecule has 1 aliphatic carbocycles. The highest BCUT2D eigenvalue weighted by Gasteiger charge is 2.27. The molecular weight excluding hydrogens is 430 g/mol. The zero-order valence-corrected chi connectivity index (χ0v) is 19.2. The Morgan fingerprint density at radius 2 is 2.03 bits per heavy atom. The minimum atomic E-state index is -0.182. The molecule has 0 radical (unpaired) electrons. The van der Waals surface area contributed by atoms with Crippen LogP contribution in [0.15, 0.2) is 61.2 Å². The molecule has 1 aliphatic rings. The van der Waals surface area contributed by atoms with Gasteiger partial charge in [-0.1, -0.05) is 12.1 Å². The van der Waals surface area contributed by atoms with E-state index in [0.29, 0.717) is 12.6 Å². The number of nitrogens with two attached hydrogens (primary N) is 1. The third-order valence-electron chi connectivity index (χ3n) is 6.35. The summed E-state index contributed by atoms with van der Waals surface area (Å²) in [4.78, 5) is 15.9. The lowest BCUT2D eigenvalue weighted by Gasteiger charge is -2.30. The first-order chi connectivity index (χ1) is 16.6. The predicted octanol–water partition coefficient (Wildman–Crippen LogP) is 4.48. The summed E-state index contributed by atoms with van der Waals surface area (Å²) in [7, 11) is 1.50. The third kappa shape index (κ3) is 4.36. The molecule has 0 unspecified atom stereocenters. The molecular formula is C26H29N5O3. The monoisotopic (exact) mass is 459 g/mol. The molecule has 0 spiro atoms. The number of amides is 1. The molecule has 2 heterocycles. The maximum Gasteiger partial charge on any atom is 0.250 e. The van der Waals surface area contributed by atoms with Crippen molar-refractivity contribution >= 4 is 28.2 Å². The number of hydrogen-bond acceptors (Lipinski definition) is 5. The van der Waals surface area contributed by atoms with Crippen LogP contribution in [-0.2, 0) is 16.1 Å². The van der Waals surface area contributed by atoms with Crippen LogP contribution >= 0.6 is 0 Å². The normalized spacial score (nSPS) is 13.7. The number of imidazole rings is 1. The number of aromatic nitrogens is 3. The van der Waals surface area contributed by atoms with Crippen molar-refractivity contribution < 1.29 is 14.3 Å². The summed E-state index contributed by atoms with van der Waals surface area (Å²) < 4.78 is 15.3. The Morgan fingerprint density at radius 1 is 1.21 bits per heavy atom. The fourth-order valence-corrected chi connectivity index (χ4v) is 4.45. The summed E-state index contributed by atoms with van der Waals surface area (Å²) in [6, 6.07) is 14.4. The molecule has 0 aliphatic heterocycles. The van der Waals surface area contributed by atoms with Gasteiger partial charge in [-0.05, 0) is 43.5 Å². The van der Waals surface area contributed by atoms with Gasteiger partial charge in [0.15, 0.2) is 0 Å². The summed E-state index contributed by atoms with van der Waals surface area (Å²) in [5, 5.41) is 3.86. The van der Waals surface area contributed by atoms with Gasteiger partial charge < -0.3 is 29.7 Å². The van der Waals surface area contributed by atoms with Crippen molar-refractivity contribution in [1.82, 2.24) is 14.1 Å². The number of nitrogens with zero attached hydrogens (tertiary/aromatic N) is 3. The smallest absolute Gasteiger partial charge is 0.250 e. The van der Waals surface area contributed by atoms with Crippen molar-refractivity contribution in [1.29, 1.82) is 0 Å². The van der Waals surface area contributed by atoms with E-state index in [-0.39, 0.29) is 12.5 Å². The highest BCUT2D eigenvalue weighted by atomic mass is 16.5. The molecule has 176 valence electrons. The Balaban J connectivity index is 1.45. The van der Waals surface area contributed by atoms with Crippen LogP contribution in [0.25, 0.3) is 22.2 Å². The van der Waals surface area contributed by atoms with Crippen LogP contribution in [0.4, 0.5) is 11.4 Å². The Labute approximate surface area is 198 Å². The predicted molar refractivity (Wildman–Crippen MR) is 133 cm³/mol. The Hall–Kier alpha value is -3.78. The maximum absolute atomic E-state index is 11.8. The molecule has 1 fully saturated rings. The van der Waals surface area contributed by atoms with Crippen molar-refractivity contribution in [3.8, 4) is 17.0 Å². The van der Waals surface area contributed by atoms with Crippen molar-refractivity contribution in [2.24, 2.45) is 0 Å². The summed E-state index contributed by atoms with van der Waals surface area (Å²) >= 11 is 0. The van der Waals surface area contributed by atoms with Crippen molar-refractivity contribution in [2.75, 3.05) is 31.4 Å². The first kappa shape index (κ1) is 22.0. The number of nitrogen functional groups attached to an aromatic ring is 1. The lowest BCUT2D eigenvalue weighted by atomic mass is 9.92. The van der Waals surface area contributed by atoms with E-state index in [1.807, 2.05) is 41.1 Å². The molecule has 3 N–H and O–H groups in total. The molecule has 1 saturated carbocycles. The number of ether oxygens (including phenoxy) is 2. The van der Waals surface area contributed by atoms with Crippen molar-refractivity contribution in [2.45, 2.75) is 31.8 Å². The van der Waals surface area contributed by atoms with Crippen LogP contribution < -0.4 is 15.8 Å². The largest absolute Gasteiger partial charge is 0.492 e. The molecule has 2 aromatic heterocycles. The van der Waals surface area contributed by atoms with E-state index in [9.17, 15) is 4.79 Å². The summed E-state index contributed by atoms with van der Waals surface area (Å²) in [6.45, 7) is 1.32. The van der Waals surface area contributed by atoms with E-state index in [1.54, 1.807) is 12.5 Å². The fourth-order valence-electron chi connectivity index (χ4n) is 4.45. The molecule has 34 heavy (non-hydrogen) atoms. The number of carbonyl (C=O) groups excluding carboxylic acids is 1. The van der Waals surface area contributed by atoms with E-state index in [4.69, 9.17) is 15.2 Å². The molecule has 0 saturated heterocycles. The van der Waals surface area contributed by atoms with Gasteiger partial charge >= 0.3 is 0 Å². The van der Waals surface area contributed by atoms with Gasteiger partial charge in [0.2, 0.25) is 5.91 Å². The van der Waals surface area contributed by atoms with E-state index in [1.165, 1.54) is 13.5 Å². The Kier molecular flexibility index (Phi) is 6.22. The van der Waals surface area contributed by atoms with Gasteiger partial charge in [0.05, 0.1) is 29.8 Å². The van der Waals surface area contributed by atoms with Gasteiger partial charge in [0.25, 0.3) is 0 Å². The highest BCUT2D eigenvalue weighted by Crippen LogP contribution is 2.44.